The van der Waals surface area contributed by atoms with Gasteiger partial charge in [0.15, 0.2) is 0 Å². The van der Waals surface area contributed by atoms with Crippen LogP contribution in [0.4, 0.5) is 0 Å². The predicted octanol–water partition coefficient (Wildman–Crippen LogP) is 0.788. The third-order valence-electron chi connectivity index (χ3n) is 3.17. The van der Waals surface area contributed by atoms with Crippen molar-refractivity contribution in [1.82, 2.24) is 10.2 Å². The summed E-state index contributed by atoms with van der Waals surface area (Å²) < 4.78 is 4.78. The molecule has 0 aromatic carbocycles. The molecule has 0 saturated carbocycles. The van der Waals surface area contributed by atoms with Crippen LogP contribution < -0.4 is 5.32 Å². The molecule has 1 unspecified atom stereocenters. The Morgan fingerprint density at radius 3 is 2.83 bits per heavy atom. The van der Waals surface area contributed by atoms with Crippen LogP contribution in [-0.2, 0) is 14.3 Å². The van der Waals surface area contributed by atoms with Gasteiger partial charge in [-0.1, -0.05) is 0 Å². The second kappa shape index (κ2) is 8.08. The molecule has 5 nitrogen and oxygen atoms in total. The molecule has 0 aliphatic carbocycles. The third kappa shape index (κ3) is 6.00. The number of carbonyl (C=O) groups excluding carboxylic acids is 2. The van der Waals surface area contributed by atoms with E-state index < -0.39 is 0 Å². The van der Waals surface area contributed by atoms with Gasteiger partial charge in [-0.05, 0) is 39.3 Å². The highest BCUT2D eigenvalue weighted by Crippen LogP contribution is 2.13. The number of nitrogens with zero attached hydrogens (tertiary/aromatic N) is 1. The van der Waals surface area contributed by atoms with E-state index in [-0.39, 0.29) is 24.7 Å². The molecule has 18 heavy (non-hydrogen) atoms. The van der Waals surface area contributed by atoms with Crippen LogP contribution in [0.5, 0.6) is 0 Å². The Labute approximate surface area is 109 Å². The summed E-state index contributed by atoms with van der Waals surface area (Å²) >= 11 is 0. The predicted molar refractivity (Wildman–Crippen MR) is 69.1 cm³/mol. The highest BCUT2D eigenvalue weighted by atomic mass is 16.5. The Morgan fingerprint density at radius 1 is 1.39 bits per heavy atom. The SMILES string of the molecule is CCOC(=O)CCC(=O)NCC1CCCN(C)C1. The van der Waals surface area contributed by atoms with Crippen molar-refractivity contribution in [2.45, 2.75) is 32.6 Å². The molecule has 1 saturated heterocycles. The summed E-state index contributed by atoms with van der Waals surface area (Å²) in [4.78, 5) is 24.9. The molecule has 1 aliphatic rings. The molecule has 0 radical (unpaired) electrons. The first-order valence-electron chi connectivity index (χ1n) is 6.72. The number of piperidine rings is 1. The normalized spacial score (nSPS) is 20.4. The van der Waals surface area contributed by atoms with Crippen LogP contribution in [0.2, 0.25) is 0 Å². The van der Waals surface area contributed by atoms with Crippen LogP contribution >= 0.6 is 0 Å². The zero-order valence-electron chi connectivity index (χ0n) is 11.4. The van der Waals surface area contributed by atoms with Crippen molar-refractivity contribution in [2.24, 2.45) is 5.92 Å². The fourth-order valence-electron chi connectivity index (χ4n) is 2.24. The Hall–Kier alpha value is -1.10. The van der Waals surface area contributed by atoms with E-state index in [4.69, 9.17) is 4.74 Å². The standard InChI is InChI=1S/C13H24N2O3/c1-3-18-13(17)7-6-12(16)14-9-11-5-4-8-15(2)10-11/h11H,3-10H2,1-2H3,(H,14,16). The van der Waals surface area contributed by atoms with Crippen LogP contribution in [-0.4, -0.2) is 50.1 Å². The lowest BCUT2D eigenvalue weighted by Crippen LogP contribution is -2.39. The summed E-state index contributed by atoms with van der Waals surface area (Å²) in [7, 11) is 2.11. The molecule has 1 fully saturated rings. The lowest BCUT2D eigenvalue weighted by molar-refractivity contribution is -0.144. The van der Waals surface area contributed by atoms with Gasteiger partial charge in [0, 0.05) is 19.5 Å². The molecule has 1 rings (SSSR count). The number of amides is 1. The highest BCUT2D eigenvalue weighted by molar-refractivity contribution is 5.81. The monoisotopic (exact) mass is 256 g/mol. The molecule has 0 aromatic rings. The van der Waals surface area contributed by atoms with Gasteiger partial charge in [0.25, 0.3) is 0 Å². The number of ether oxygens (including phenoxy) is 1. The van der Waals surface area contributed by atoms with E-state index in [1.165, 1.54) is 12.8 Å². The zero-order valence-corrected chi connectivity index (χ0v) is 11.4. The van der Waals surface area contributed by atoms with Crippen LogP contribution in [0.3, 0.4) is 0 Å². The molecule has 1 N–H and O–H groups in total. The summed E-state index contributed by atoms with van der Waals surface area (Å²) in [5.74, 6) is 0.177. The van der Waals surface area contributed by atoms with Crippen molar-refractivity contribution in [2.75, 3.05) is 33.3 Å². The number of hydrogen-bond donors (Lipinski definition) is 1. The molecular weight excluding hydrogens is 232 g/mol. The maximum Gasteiger partial charge on any atom is 0.306 e. The van der Waals surface area contributed by atoms with E-state index >= 15 is 0 Å². The minimum absolute atomic E-state index is 0.0590. The van der Waals surface area contributed by atoms with Crippen molar-refractivity contribution in [1.29, 1.82) is 0 Å². The molecule has 0 spiro atoms. The first-order chi connectivity index (χ1) is 8.61. The summed E-state index contributed by atoms with van der Waals surface area (Å²) in [6, 6.07) is 0. The van der Waals surface area contributed by atoms with Gasteiger partial charge in [-0.2, -0.15) is 0 Å². The largest absolute Gasteiger partial charge is 0.466 e. The van der Waals surface area contributed by atoms with Gasteiger partial charge in [-0.15, -0.1) is 0 Å². The van der Waals surface area contributed by atoms with Crippen molar-refractivity contribution < 1.29 is 14.3 Å². The Kier molecular flexibility index (Phi) is 6.72. The van der Waals surface area contributed by atoms with E-state index in [2.05, 4.69) is 17.3 Å². The lowest BCUT2D eigenvalue weighted by atomic mass is 9.98. The smallest absolute Gasteiger partial charge is 0.306 e. The van der Waals surface area contributed by atoms with Crippen molar-refractivity contribution >= 4 is 11.9 Å². The Bertz CT molecular complexity index is 281. The van der Waals surface area contributed by atoms with Crippen LogP contribution in [0.15, 0.2) is 0 Å². The molecule has 5 heteroatoms. The fraction of sp³-hybridized carbons (Fsp3) is 0.846. The number of likely N-dealkylation sites (tertiary alicyclic amines) is 1. The van der Waals surface area contributed by atoms with Gasteiger partial charge < -0.3 is 15.0 Å². The summed E-state index contributed by atoms with van der Waals surface area (Å²) in [5, 5.41) is 2.90. The average Bonchev–Trinajstić information content (AvgIpc) is 2.34. The number of rotatable bonds is 6. The number of carbonyl (C=O) groups is 2. The van der Waals surface area contributed by atoms with Gasteiger partial charge in [0.1, 0.15) is 0 Å². The molecule has 1 heterocycles. The van der Waals surface area contributed by atoms with Gasteiger partial charge in [-0.3, -0.25) is 9.59 Å². The van der Waals surface area contributed by atoms with Gasteiger partial charge >= 0.3 is 5.97 Å². The maximum absolute atomic E-state index is 11.5. The third-order valence-corrected chi connectivity index (χ3v) is 3.17. The zero-order chi connectivity index (χ0) is 13.4. The topological polar surface area (TPSA) is 58.6 Å². The van der Waals surface area contributed by atoms with Crippen LogP contribution in [0, 0.1) is 5.92 Å². The van der Waals surface area contributed by atoms with Crippen LogP contribution in [0.25, 0.3) is 0 Å². The van der Waals surface area contributed by atoms with Crippen molar-refractivity contribution in [3.63, 3.8) is 0 Å². The summed E-state index contributed by atoms with van der Waals surface area (Å²) in [6.45, 7) is 5.03. The minimum Gasteiger partial charge on any atom is -0.466 e. The first-order valence-corrected chi connectivity index (χ1v) is 6.72. The number of esters is 1. The second-order valence-electron chi connectivity index (χ2n) is 4.88. The first kappa shape index (κ1) is 15.0. The fourth-order valence-corrected chi connectivity index (χ4v) is 2.24. The van der Waals surface area contributed by atoms with Gasteiger partial charge in [0.2, 0.25) is 5.91 Å². The Balaban J connectivity index is 2.11. The van der Waals surface area contributed by atoms with Crippen molar-refractivity contribution in [3.8, 4) is 0 Å². The molecule has 104 valence electrons. The molecule has 1 aliphatic heterocycles. The summed E-state index contributed by atoms with van der Waals surface area (Å²) in [6.07, 6.45) is 2.76. The van der Waals surface area contributed by atoms with E-state index in [1.807, 2.05) is 0 Å². The quantitative estimate of drug-likeness (QED) is 0.714. The molecule has 1 amide bonds. The van der Waals surface area contributed by atoms with Gasteiger partial charge in [-0.25, -0.2) is 0 Å². The van der Waals surface area contributed by atoms with E-state index in [0.29, 0.717) is 19.1 Å². The van der Waals surface area contributed by atoms with Crippen LogP contribution in [0.1, 0.15) is 32.6 Å². The number of nitrogens with one attached hydrogen (secondary N) is 1. The average molecular weight is 256 g/mol. The maximum atomic E-state index is 11.5. The second-order valence-corrected chi connectivity index (χ2v) is 4.88. The molecule has 0 bridgehead atoms. The highest BCUT2D eigenvalue weighted by Gasteiger charge is 2.17. The molecular formula is C13H24N2O3. The van der Waals surface area contributed by atoms with E-state index in [0.717, 1.165) is 13.1 Å². The number of hydrogen-bond acceptors (Lipinski definition) is 4. The molecule has 1 atom stereocenters. The lowest BCUT2D eigenvalue weighted by Gasteiger charge is -2.29. The van der Waals surface area contributed by atoms with E-state index in [9.17, 15) is 9.59 Å². The van der Waals surface area contributed by atoms with Gasteiger partial charge in [0.05, 0.1) is 13.0 Å². The molecule has 0 aromatic heterocycles. The summed E-state index contributed by atoms with van der Waals surface area (Å²) in [5.41, 5.74) is 0. The van der Waals surface area contributed by atoms with Crippen molar-refractivity contribution in [3.05, 3.63) is 0 Å². The van der Waals surface area contributed by atoms with E-state index in [1.54, 1.807) is 6.92 Å². The minimum atomic E-state index is -0.301. The Morgan fingerprint density at radius 2 is 2.17 bits per heavy atom.